The number of likely N-dealkylation sites (tertiary alicyclic amines) is 1. The third kappa shape index (κ3) is 4.02. The van der Waals surface area contributed by atoms with E-state index in [9.17, 15) is 0 Å². The Kier molecular flexibility index (Phi) is 6.00. The van der Waals surface area contributed by atoms with Gasteiger partial charge in [0.1, 0.15) is 5.70 Å². The van der Waals surface area contributed by atoms with E-state index < -0.39 is 0 Å². The van der Waals surface area contributed by atoms with Gasteiger partial charge in [0.15, 0.2) is 0 Å². The van der Waals surface area contributed by atoms with Crippen LogP contribution < -0.4 is 5.32 Å². The summed E-state index contributed by atoms with van der Waals surface area (Å²) in [7, 11) is 3.46. The molecule has 1 rings (SSSR count). The Bertz CT molecular complexity index is 283. The lowest BCUT2D eigenvalue weighted by atomic mass is 10.1. The van der Waals surface area contributed by atoms with Crippen molar-refractivity contribution in [2.45, 2.75) is 13.3 Å². The van der Waals surface area contributed by atoms with Crippen molar-refractivity contribution < 1.29 is 9.84 Å². The minimum Gasteiger partial charge on any atom is -0.481 e. The number of nitrogens with zero attached hydrogens (tertiary/aromatic N) is 2. The van der Waals surface area contributed by atoms with Gasteiger partial charge in [0.2, 0.25) is 5.88 Å². The number of aliphatic hydroxyl groups is 1. The highest BCUT2D eigenvalue weighted by atomic mass is 16.5. The van der Waals surface area contributed by atoms with Crippen LogP contribution in [0.4, 0.5) is 0 Å². The molecule has 0 aliphatic carbocycles. The van der Waals surface area contributed by atoms with Crippen LogP contribution in [-0.2, 0) is 4.74 Å². The maximum Gasteiger partial charge on any atom is 0.209 e. The Morgan fingerprint density at radius 2 is 2.41 bits per heavy atom. The molecule has 0 amide bonds. The molecule has 1 atom stereocenters. The average Bonchev–Trinajstić information content (AvgIpc) is 2.78. The van der Waals surface area contributed by atoms with Gasteiger partial charge >= 0.3 is 0 Å². The summed E-state index contributed by atoms with van der Waals surface area (Å²) in [6.07, 6.45) is 2.83. The molecule has 17 heavy (non-hydrogen) atoms. The van der Waals surface area contributed by atoms with Gasteiger partial charge in [-0.1, -0.05) is 0 Å². The van der Waals surface area contributed by atoms with E-state index in [0.717, 1.165) is 31.8 Å². The predicted molar refractivity (Wildman–Crippen MR) is 68.9 cm³/mol. The van der Waals surface area contributed by atoms with E-state index in [1.807, 2.05) is 14.0 Å². The third-order valence-electron chi connectivity index (χ3n) is 2.98. The summed E-state index contributed by atoms with van der Waals surface area (Å²) in [5.74, 6) is 1.11. The van der Waals surface area contributed by atoms with Crippen molar-refractivity contribution in [2.24, 2.45) is 10.9 Å². The smallest absolute Gasteiger partial charge is 0.209 e. The first-order chi connectivity index (χ1) is 8.24. The lowest BCUT2D eigenvalue weighted by Crippen LogP contribution is -2.26. The van der Waals surface area contributed by atoms with Crippen molar-refractivity contribution >= 4 is 6.21 Å². The van der Waals surface area contributed by atoms with Gasteiger partial charge in [-0.15, -0.1) is 0 Å². The maximum atomic E-state index is 9.12. The van der Waals surface area contributed by atoms with Crippen molar-refractivity contribution in [3.05, 3.63) is 11.6 Å². The summed E-state index contributed by atoms with van der Waals surface area (Å²) < 4.78 is 5.26. The minimum absolute atomic E-state index is 0.274. The van der Waals surface area contributed by atoms with Gasteiger partial charge in [0, 0.05) is 33.0 Å². The topological polar surface area (TPSA) is 57.1 Å². The number of hydrogen-bond donors (Lipinski definition) is 2. The summed E-state index contributed by atoms with van der Waals surface area (Å²) in [6, 6.07) is 0. The summed E-state index contributed by atoms with van der Waals surface area (Å²) in [5.41, 5.74) is 0.899. The zero-order chi connectivity index (χ0) is 12.7. The highest BCUT2D eigenvalue weighted by Gasteiger charge is 2.23. The van der Waals surface area contributed by atoms with E-state index in [0.29, 0.717) is 11.8 Å². The Morgan fingerprint density at radius 1 is 1.65 bits per heavy atom. The molecular weight excluding hydrogens is 218 g/mol. The van der Waals surface area contributed by atoms with Crippen molar-refractivity contribution in [3.63, 3.8) is 0 Å². The lowest BCUT2D eigenvalue weighted by Gasteiger charge is -2.17. The van der Waals surface area contributed by atoms with Gasteiger partial charge in [-0.3, -0.25) is 9.89 Å². The summed E-state index contributed by atoms with van der Waals surface area (Å²) in [4.78, 5) is 6.63. The molecular formula is C12H23N3O2. The molecule has 0 bridgehead atoms. The predicted octanol–water partition coefficient (Wildman–Crippen LogP) is 0.426. The number of methoxy groups -OCH3 is 1. The van der Waals surface area contributed by atoms with Gasteiger partial charge in [0.05, 0.1) is 7.11 Å². The van der Waals surface area contributed by atoms with Crippen LogP contribution >= 0.6 is 0 Å². The molecule has 5 heteroatoms. The van der Waals surface area contributed by atoms with E-state index in [1.54, 1.807) is 13.3 Å². The first-order valence-corrected chi connectivity index (χ1v) is 6.01. The molecule has 1 saturated heterocycles. The van der Waals surface area contributed by atoms with Crippen LogP contribution in [0.5, 0.6) is 0 Å². The van der Waals surface area contributed by atoms with Crippen molar-refractivity contribution in [1.82, 2.24) is 10.2 Å². The summed E-state index contributed by atoms with van der Waals surface area (Å²) in [5, 5.41) is 12.1. The Morgan fingerprint density at radius 3 is 2.88 bits per heavy atom. The fourth-order valence-electron chi connectivity index (χ4n) is 2.11. The number of aliphatic imine (C=N–C) groups is 1. The molecule has 0 radical (unpaired) electrons. The molecule has 1 heterocycles. The molecule has 0 aromatic rings. The van der Waals surface area contributed by atoms with E-state index >= 15 is 0 Å². The molecule has 1 fully saturated rings. The van der Waals surface area contributed by atoms with Crippen molar-refractivity contribution in [2.75, 3.05) is 40.4 Å². The van der Waals surface area contributed by atoms with Crippen LogP contribution in [-0.4, -0.2) is 56.6 Å². The van der Waals surface area contributed by atoms with Gasteiger partial charge < -0.3 is 15.2 Å². The second-order valence-electron chi connectivity index (χ2n) is 4.19. The fourth-order valence-corrected chi connectivity index (χ4v) is 2.11. The quantitative estimate of drug-likeness (QED) is 0.523. The minimum atomic E-state index is 0.274. The van der Waals surface area contributed by atoms with E-state index in [-0.39, 0.29) is 6.61 Å². The lowest BCUT2D eigenvalue weighted by molar-refractivity contribution is 0.222. The average molecular weight is 241 g/mol. The van der Waals surface area contributed by atoms with Crippen LogP contribution in [0, 0.1) is 5.92 Å². The highest BCUT2D eigenvalue weighted by Crippen LogP contribution is 2.17. The SMILES string of the molecule is C/C=N\C(CN1CCC(CO)C1)=C(/NC)OC. The molecule has 0 aromatic carbocycles. The van der Waals surface area contributed by atoms with E-state index in [4.69, 9.17) is 9.84 Å². The van der Waals surface area contributed by atoms with Gasteiger partial charge in [0.25, 0.3) is 0 Å². The number of ether oxygens (including phenoxy) is 1. The fraction of sp³-hybridized carbons (Fsp3) is 0.750. The molecule has 98 valence electrons. The van der Waals surface area contributed by atoms with Crippen LogP contribution in [0.3, 0.4) is 0 Å². The number of hydrogen-bond acceptors (Lipinski definition) is 5. The second-order valence-corrected chi connectivity index (χ2v) is 4.19. The molecule has 0 spiro atoms. The standard InChI is InChI=1S/C12H23N3O2/c1-4-14-11(12(13-2)17-3)8-15-6-5-10(7-15)9-16/h4,10,13,16H,5-9H2,1-3H3/b12-11+,14-4-. The van der Waals surface area contributed by atoms with Gasteiger partial charge in [-0.25, -0.2) is 0 Å². The largest absolute Gasteiger partial charge is 0.481 e. The maximum absolute atomic E-state index is 9.12. The molecule has 2 N–H and O–H groups in total. The monoisotopic (exact) mass is 241 g/mol. The normalized spacial score (nSPS) is 22.9. The van der Waals surface area contributed by atoms with Crippen LogP contribution in [0.15, 0.2) is 16.6 Å². The summed E-state index contributed by atoms with van der Waals surface area (Å²) >= 11 is 0. The molecule has 1 aliphatic rings. The van der Waals surface area contributed by atoms with Crippen LogP contribution in [0.25, 0.3) is 0 Å². The first kappa shape index (κ1) is 14.0. The van der Waals surface area contributed by atoms with Crippen molar-refractivity contribution in [1.29, 1.82) is 0 Å². The summed E-state index contributed by atoms with van der Waals surface area (Å²) in [6.45, 7) is 4.86. The van der Waals surface area contributed by atoms with Crippen molar-refractivity contribution in [3.8, 4) is 0 Å². The molecule has 0 saturated carbocycles. The Labute approximate surface area is 103 Å². The van der Waals surface area contributed by atoms with E-state index in [1.165, 1.54) is 0 Å². The number of aliphatic hydroxyl groups excluding tert-OH is 1. The zero-order valence-electron chi connectivity index (χ0n) is 10.9. The van der Waals surface area contributed by atoms with Crippen LogP contribution in [0.2, 0.25) is 0 Å². The zero-order valence-corrected chi connectivity index (χ0v) is 10.9. The van der Waals surface area contributed by atoms with Crippen LogP contribution in [0.1, 0.15) is 13.3 Å². The van der Waals surface area contributed by atoms with E-state index in [2.05, 4.69) is 15.2 Å². The first-order valence-electron chi connectivity index (χ1n) is 6.01. The Balaban J connectivity index is 2.65. The third-order valence-corrected chi connectivity index (χ3v) is 2.98. The molecule has 1 aliphatic heterocycles. The highest BCUT2D eigenvalue weighted by molar-refractivity contribution is 5.55. The second kappa shape index (κ2) is 7.29. The Hall–Kier alpha value is -1.07. The molecule has 5 nitrogen and oxygen atoms in total. The van der Waals surface area contributed by atoms with Gasteiger partial charge in [-0.2, -0.15) is 0 Å². The number of rotatable bonds is 6. The molecule has 0 aromatic heterocycles. The number of nitrogens with one attached hydrogen (secondary N) is 1. The molecule has 1 unspecified atom stereocenters. The van der Waals surface area contributed by atoms with Gasteiger partial charge in [-0.05, 0) is 25.8 Å².